The number of hydrogen-bond donors (Lipinski definition) is 2. The molecule has 1 aromatic heterocycles. The number of aromatic nitrogens is 2. The number of piperidine rings is 1. The molecule has 8 nitrogen and oxygen atoms in total. The number of hydrogen-bond acceptors (Lipinski definition) is 6. The molecule has 1 saturated heterocycles. The van der Waals surface area contributed by atoms with E-state index in [0.717, 1.165) is 43.7 Å². The second kappa shape index (κ2) is 10.6. The van der Waals surface area contributed by atoms with Gasteiger partial charge in [0, 0.05) is 30.4 Å². The van der Waals surface area contributed by atoms with E-state index in [9.17, 15) is 10.1 Å². The van der Waals surface area contributed by atoms with Crippen molar-refractivity contribution in [3.63, 3.8) is 0 Å². The van der Waals surface area contributed by atoms with Crippen molar-refractivity contribution in [2.75, 3.05) is 29.9 Å². The number of nitrogens with one attached hydrogen (secondary N) is 1. The van der Waals surface area contributed by atoms with Crippen LogP contribution in [-0.4, -0.2) is 40.7 Å². The molecule has 0 unspecified atom stereocenters. The predicted octanol–water partition coefficient (Wildman–Crippen LogP) is 4.92. The van der Waals surface area contributed by atoms with Gasteiger partial charge in [-0.3, -0.25) is 5.32 Å². The zero-order valence-corrected chi connectivity index (χ0v) is 19.6. The topological polar surface area (TPSA) is 103 Å². The standard InChI is InChI=1S/C25H26ClN5O3/c1-17-24(16-28-31(17)22-5-2-20(26)3-6-22)34-25(33)29-21-4-7-23(19(14-21)15-27)30-11-8-18(9-12-30)10-13-32/h2-7,14,16,18,32H,8-13H2,1H3,(H,29,33). The number of nitrogens with zero attached hydrogens (tertiary/aromatic N) is 4. The lowest BCUT2D eigenvalue weighted by Gasteiger charge is -2.34. The third-order valence-electron chi connectivity index (χ3n) is 6.09. The lowest BCUT2D eigenvalue weighted by molar-refractivity contribution is 0.215. The average molecular weight is 480 g/mol. The number of amides is 1. The fourth-order valence-corrected chi connectivity index (χ4v) is 4.33. The van der Waals surface area contributed by atoms with Crippen LogP contribution in [0.2, 0.25) is 5.02 Å². The van der Waals surface area contributed by atoms with E-state index in [2.05, 4.69) is 21.4 Å². The molecular formula is C25H26ClN5O3. The number of carbonyl (C=O) groups is 1. The Balaban J connectivity index is 1.41. The zero-order valence-electron chi connectivity index (χ0n) is 18.9. The molecule has 4 rings (SSSR count). The molecule has 1 amide bonds. The van der Waals surface area contributed by atoms with Gasteiger partial charge < -0.3 is 14.7 Å². The van der Waals surface area contributed by atoms with Crippen molar-refractivity contribution in [1.82, 2.24) is 9.78 Å². The van der Waals surface area contributed by atoms with Gasteiger partial charge in [0.2, 0.25) is 0 Å². The monoisotopic (exact) mass is 479 g/mol. The van der Waals surface area contributed by atoms with Gasteiger partial charge in [-0.05, 0) is 74.6 Å². The lowest BCUT2D eigenvalue weighted by atomic mass is 9.93. The maximum atomic E-state index is 12.5. The summed E-state index contributed by atoms with van der Waals surface area (Å²) < 4.78 is 7.11. The van der Waals surface area contributed by atoms with Crippen LogP contribution in [0.15, 0.2) is 48.7 Å². The lowest BCUT2D eigenvalue weighted by Crippen LogP contribution is -2.34. The number of rotatable bonds is 6. The van der Waals surface area contributed by atoms with Crippen LogP contribution in [0.3, 0.4) is 0 Å². The summed E-state index contributed by atoms with van der Waals surface area (Å²) in [6, 6.07) is 14.7. The molecule has 1 aliphatic heterocycles. The van der Waals surface area contributed by atoms with Crippen LogP contribution in [0.4, 0.5) is 16.2 Å². The summed E-state index contributed by atoms with van der Waals surface area (Å²) in [5, 5.41) is 26.4. The smallest absolute Gasteiger partial charge is 0.406 e. The quantitative estimate of drug-likeness (QED) is 0.520. The van der Waals surface area contributed by atoms with Crippen molar-refractivity contribution in [1.29, 1.82) is 5.26 Å². The van der Waals surface area contributed by atoms with Gasteiger partial charge in [0.05, 0.1) is 28.8 Å². The largest absolute Gasteiger partial charge is 0.417 e. The normalized spacial score (nSPS) is 14.0. The molecule has 176 valence electrons. The average Bonchev–Trinajstić information content (AvgIpc) is 3.20. The number of nitriles is 1. The Morgan fingerprint density at radius 2 is 2.00 bits per heavy atom. The maximum absolute atomic E-state index is 12.5. The number of benzene rings is 2. The molecule has 0 aliphatic carbocycles. The number of ether oxygens (including phenoxy) is 1. The Labute approximate surface area is 203 Å². The van der Waals surface area contributed by atoms with E-state index in [4.69, 9.17) is 21.4 Å². The van der Waals surface area contributed by atoms with Crippen LogP contribution in [0.1, 0.15) is 30.5 Å². The fraction of sp³-hybridized carbons (Fsp3) is 0.320. The third-order valence-corrected chi connectivity index (χ3v) is 6.35. The van der Waals surface area contributed by atoms with Crippen LogP contribution in [0.25, 0.3) is 5.69 Å². The molecule has 9 heteroatoms. The molecule has 0 atom stereocenters. The Hall–Kier alpha value is -3.54. The van der Waals surface area contributed by atoms with Crippen molar-refractivity contribution in [2.24, 2.45) is 5.92 Å². The number of aliphatic hydroxyl groups is 1. The molecule has 2 heterocycles. The first-order valence-electron chi connectivity index (χ1n) is 11.2. The number of aliphatic hydroxyl groups excluding tert-OH is 1. The van der Waals surface area contributed by atoms with Crippen molar-refractivity contribution in [3.05, 3.63) is 64.9 Å². The van der Waals surface area contributed by atoms with Gasteiger partial charge in [0.25, 0.3) is 0 Å². The highest BCUT2D eigenvalue weighted by Gasteiger charge is 2.21. The van der Waals surface area contributed by atoms with E-state index in [1.54, 1.807) is 35.9 Å². The highest BCUT2D eigenvalue weighted by molar-refractivity contribution is 6.30. The molecular weight excluding hydrogens is 454 g/mol. The highest BCUT2D eigenvalue weighted by Crippen LogP contribution is 2.29. The summed E-state index contributed by atoms with van der Waals surface area (Å²) in [4.78, 5) is 14.7. The summed E-state index contributed by atoms with van der Waals surface area (Å²) >= 11 is 5.94. The predicted molar refractivity (Wildman–Crippen MR) is 131 cm³/mol. The molecule has 2 aromatic carbocycles. The van der Waals surface area contributed by atoms with Crippen LogP contribution < -0.4 is 15.0 Å². The minimum absolute atomic E-state index is 0.214. The van der Waals surface area contributed by atoms with Gasteiger partial charge >= 0.3 is 6.09 Å². The zero-order chi connectivity index (χ0) is 24.1. The van der Waals surface area contributed by atoms with E-state index in [1.165, 1.54) is 6.20 Å². The van der Waals surface area contributed by atoms with E-state index < -0.39 is 6.09 Å². The molecule has 1 aliphatic rings. The van der Waals surface area contributed by atoms with Gasteiger partial charge in [0.1, 0.15) is 6.07 Å². The van der Waals surface area contributed by atoms with Gasteiger partial charge in [0.15, 0.2) is 5.75 Å². The summed E-state index contributed by atoms with van der Waals surface area (Å²) in [6.07, 6.45) is 3.61. The van der Waals surface area contributed by atoms with Crippen LogP contribution in [0.5, 0.6) is 5.75 Å². The molecule has 0 bridgehead atoms. The van der Waals surface area contributed by atoms with Gasteiger partial charge in [-0.1, -0.05) is 11.6 Å². The van der Waals surface area contributed by atoms with E-state index in [-0.39, 0.29) is 6.61 Å². The van der Waals surface area contributed by atoms with Crippen molar-refractivity contribution < 1.29 is 14.6 Å². The Kier molecular flexibility index (Phi) is 7.36. The summed E-state index contributed by atoms with van der Waals surface area (Å²) in [5.74, 6) is 0.852. The number of carbonyl (C=O) groups excluding carboxylic acids is 1. The Bertz CT molecular complexity index is 1190. The fourth-order valence-electron chi connectivity index (χ4n) is 4.20. The Morgan fingerprint density at radius 1 is 1.26 bits per heavy atom. The van der Waals surface area contributed by atoms with Gasteiger partial charge in [-0.2, -0.15) is 10.4 Å². The van der Waals surface area contributed by atoms with Crippen LogP contribution in [-0.2, 0) is 0 Å². The minimum Gasteiger partial charge on any atom is -0.406 e. The highest BCUT2D eigenvalue weighted by atomic mass is 35.5. The first-order valence-corrected chi connectivity index (χ1v) is 11.6. The summed E-state index contributed by atoms with van der Waals surface area (Å²) in [5.41, 5.74) is 3.28. The molecule has 1 fully saturated rings. The molecule has 34 heavy (non-hydrogen) atoms. The first-order chi connectivity index (χ1) is 16.5. The van der Waals surface area contributed by atoms with Crippen molar-refractivity contribution in [3.8, 4) is 17.5 Å². The maximum Gasteiger partial charge on any atom is 0.417 e. The number of anilines is 2. The second-order valence-electron chi connectivity index (χ2n) is 8.28. The second-order valence-corrected chi connectivity index (χ2v) is 8.72. The Morgan fingerprint density at radius 3 is 2.68 bits per heavy atom. The van der Waals surface area contributed by atoms with Crippen LogP contribution in [0, 0.1) is 24.2 Å². The van der Waals surface area contributed by atoms with E-state index in [0.29, 0.717) is 33.6 Å². The summed E-state index contributed by atoms with van der Waals surface area (Å²) in [6.45, 7) is 3.69. The molecule has 0 radical (unpaired) electrons. The molecule has 3 aromatic rings. The molecule has 2 N–H and O–H groups in total. The molecule has 0 spiro atoms. The third kappa shape index (κ3) is 5.33. The van der Waals surface area contributed by atoms with Crippen molar-refractivity contribution >= 4 is 29.1 Å². The van der Waals surface area contributed by atoms with Crippen molar-refractivity contribution in [2.45, 2.75) is 26.2 Å². The number of halogens is 1. The summed E-state index contributed by atoms with van der Waals surface area (Å²) in [7, 11) is 0. The van der Waals surface area contributed by atoms with E-state index in [1.807, 2.05) is 18.2 Å². The SMILES string of the molecule is Cc1c(OC(=O)Nc2ccc(N3CCC(CCO)CC3)c(C#N)c2)cnn1-c1ccc(Cl)cc1. The van der Waals surface area contributed by atoms with Gasteiger partial charge in [-0.15, -0.1) is 0 Å². The van der Waals surface area contributed by atoms with E-state index >= 15 is 0 Å². The first kappa shape index (κ1) is 23.6. The minimum atomic E-state index is -0.666. The van der Waals surface area contributed by atoms with Crippen LogP contribution >= 0.6 is 11.6 Å². The molecule has 0 saturated carbocycles. The van der Waals surface area contributed by atoms with Gasteiger partial charge in [-0.25, -0.2) is 9.48 Å².